The molecular weight excluding hydrogens is 372 g/mol. The molecule has 1 saturated carbocycles. The number of nitrogens with two attached hydrogens (primary N) is 1. The van der Waals surface area contributed by atoms with Gasteiger partial charge in [0, 0.05) is 31.7 Å². The minimum absolute atomic E-state index is 0.0203. The Labute approximate surface area is 149 Å². The molecule has 1 amide bonds. The molecule has 0 aromatic carbocycles. The maximum Gasteiger partial charge on any atom is 0.246 e. The molecule has 0 radical (unpaired) electrons. The number of aromatic nitrogens is 2. The summed E-state index contributed by atoms with van der Waals surface area (Å²) in [6.45, 7) is 4.35. The Bertz CT molecular complexity index is 716. The molecule has 7 nitrogen and oxygen atoms in total. The van der Waals surface area contributed by atoms with Gasteiger partial charge in [0.05, 0.1) is 6.54 Å². The number of piperazine rings is 1. The van der Waals surface area contributed by atoms with Gasteiger partial charge in [0.25, 0.3) is 0 Å². The van der Waals surface area contributed by atoms with Crippen LogP contribution in [0.25, 0.3) is 5.82 Å². The molecule has 0 atom stereocenters. The molecule has 1 aromatic heterocycles. The molecule has 128 valence electrons. The van der Waals surface area contributed by atoms with E-state index in [1.807, 2.05) is 0 Å². The Morgan fingerprint density at radius 2 is 2.21 bits per heavy atom. The number of imidazole rings is 1. The van der Waals surface area contributed by atoms with Crippen LogP contribution in [-0.2, 0) is 4.79 Å². The van der Waals surface area contributed by atoms with E-state index in [1.165, 1.54) is 19.0 Å². The second-order valence-electron chi connectivity index (χ2n) is 5.99. The number of nitrogens with zero attached hydrogens (tertiary/aromatic N) is 5. The number of rotatable bonds is 3. The van der Waals surface area contributed by atoms with Gasteiger partial charge in [-0.3, -0.25) is 9.36 Å². The Morgan fingerprint density at radius 1 is 1.50 bits per heavy atom. The van der Waals surface area contributed by atoms with E-state index in [9.17, 15) is 4.79 Å². The maximum absolute atomic E-state index is 12.3. The van der Waals surface area contributed by atoms with E-state index in [0.717, 1.165) is 12.8 Å². The van der Waals surface area contributed by atoms with Crippen LogP contribution in [0.3, 0.4) is 0 Å². The molecule has 2 fully saturated rings. The van der Waals surface area contributed by atoms with Crippen molar-refractivity contribution in [2.24, 2.45) is 10.7 Å². The molecule has 2 N–H and O–H groups in total. The van der Waals surface area contributed by atoms with Crippen LogP contribution >= 0.6 is 15.9 Å². The first kappa shape index (κ1) is 16.8. The lowest BCUT2D eigenvalue weighted by Crippen LogP contribution is -2.54. The molecule has 1 saturated heterocycles. The van der Waals surface area contributed by atoms with Gasteiger partial charge in [0.15, 0.2) is 10.6 Å². The molecule has 1 aromatic rings. The van der Waals surface area contributed by atoms with Crippen LogP contribution in [0.4, 0.5) is 0 Å². The molecule has 2 heterocycles. The largest absolute Gasteiger partial charge is 0.403 e. The molecule has 0 spiro atoms. The molecule has 1 aliphatic carbocycles. The number of carbonyl (C=O) groups excluding carboxylic acids is 1. The van der Waals surface area contributed by atoms with E-state index in [1.54, 1.807) is 28.9 Å². The minimum Gasteiger partial charge on any atom is -0.403 e. The van der Waals surface area contributed by atoms with Gasteiger partial charge in [0.1, 0.15) is 11.5 Å². The smallest absolute Gasteiger partial charge is 0.246 e. The third kappa shape index (κ3) is 2.98. The summed E-state index contributed by atoms with van der Waals surface area (Å²) < 4.78 is 2.37. The second-order valence-corrected chi connectivity index (χ2v) is 6.70. The number of amidine groups is 1. The number of aliphatic imine (C=N–C) groups is 1. The van der Waals surface area contributed by atoms with E-state index >= 15 is 0 Å². The van der Waals surface area contributed by atoms with Gasteiger partial charge in [-0.1, -0.05) is 19.4 Å². The zero-order valence-corrected chi connectivity index (χ0v) is 15.2. The number of carbonyl (C=O) groups is 1. The Morgan fingerprint density at radius 3 is 2.79 bits per heavy atom. The van der Waals surface area contributed by atoms with Gasteiger partial charge < -0.3 is 15.5 Å². The normalized spacial score (nSPS) is 22.8. The fourth-order valence-corrected chi connectivity index (χ4v) is 3.68. The highest BCUT2D eigenvalue weighted by Crippen LogP contribution is 2.29. The fraction of sp³-hybridized carbons (Fsp3) is 0.438. The molecular formula is C16H21BrN6O. The topological polar surface area (TPSA) is 79.8 Å². The number of hydrogen-bond acceptors (Lipinski definition) is 4. The average molecular weight is 393 g/mol. The van der Waals surface area contributed by atoms with E-state index in [2.05, 4.69) is 32.4 Å². The third-order valence-corrected chi connectivity index (χ3v) is 5.16. The zero-order chi connectivity index (χ0) is 17.3. The summed E-state index contributed by atoms with van der Waals surface area (Å²) in [4.78, 5) is 24.8. The number of hydrogen-bond donors (Lipinski definition) is 1. The second kappa shape index (κ2) is 6.80. The predicted octanol–water partition coefficient (Wildman–Crippen LogP) is 1.99. The molecule has 0 unspecified atom stereocenters. The SMILES string of the molecule is C=C(N=C1/C(=C\N)N(C)C(=O)CN1C1CCCC1)n1ccnc1Br. The van der Waals surface area contributed by atoms with Crippen molar-refractivity contribution < 1.29 is 4.79 Å². The maximum atomic E-state index is 12.3. The first-order chi connectivity index (χ1) is 11.5. The number of likely N-dealkylation sites (N-methyl/N-ethyl adjacent to an activating group) is 1. The monoisotopic (exact) mass is 392 g/mol. The number of halogens is 1. The standard InChI is InChI=1S/C16H21BrN6O/c1-11(22-8-7-19-16(22)17)20-15-13(9-18)21(2)14(24)10-23(15)12-5-3-4-6-12/h7-9,12H,1,3-6,10,18H2,2H3/b13-9+,20-15?. The van der Waals surface area contributed by atoms with E-state index < -0.39 is 0 Å². The van der Waals surface area contributed by atoms with Crippen molar-refractivity contribution in [2.75, 3.05) is 13.6 Å². The lowest BCUT2D eigenvalue weighted by Gasteiger charge is -2.39. The molecule has 1 aliphatic heterocycles. The predicted molar refractivity (Wildman–Crippen MR) is 96.7 cm³/mol. The van der Waals surface area contributed by atoms with E-state index in [4.69, 9.17) is 10.7 Å². The number of amides is 1. The van der Waals surface area contributed by atoms with Crippen molar-refractivity contribution in [1.82, 2.24) is 19.4 Å². The summed E-state index contributed by atoms with van der Waals surface area (Å²) in [6, 6.07) is 0.315. The van der Waals surface area contributed by atoms with Crippen LogP contribution in [0.2, 0.25) is 0 Å². The quantitative estimate of drug-likeness (QED) is 0.852. The van der Waals surface area contributed by atoms with Gasteiger partial charge >= 0.3 is 0 Å². The van der Waals surface area contributed by atoms with Gasteiger partial charge in [0.2, 0.25) is 5.91 Å². The summed E-state index contributed by atoms with van der Waals surface area (Å²) in [7, 11) is 1.72. The fourth-order valence-electron chi connectivity index (χ4n) is 3.24. The van der Waals surface area contributed by atoms with Crippen LogP contribution in [0.5, 0.6) is 0 Å². The zero-order valence-electron chi connectivity index (χ0n) is 13.7. The van der Waals surface area contributed by atoms with Gasteiger partial charge in [-0.05, 0) is 28.8 Å². The van der Waals surface area contributed by atoms with Crippen molar-refractivity contribution in [3.63, 3.8) is 0 Å². The molecule has 3 rings (SSSR count). The Balaban J connectivity index is 2.00. The third-order valence-electron chi connectivity index (χ3n) is 4.57. The van der Waals surface area contributed by atoms with Crippen molar-refractivity contribution in [1.29, 1.82) is 0 Å². The van der Waals surface area contributed by atoms with Crippen molar-refractivity contribution >= 4 is 33.5 Å². The Hall–Kier alpha value is -2.09. The molecule has 0 bridgehead atoms. The van der Waals surface area contributed by atoms with Crippen molar-refractivity contribution in [3.8, 4) is 0 Å². The van der Waals surface area contributed by atoms with Gasteiger partial charge in [-0.25, -0.2) is 9.98 Å². The van der Waals surface area contributed by atoms with Crippen molar-refractivity contribution in [3.05, 3.63) is 35.6 Å². The highest BCUT2D eigenvalue weighted by atomic mass is 79.9. The Kier molecular flexibility index (Phi) is 4.75. The summed E-state index contributed by atoms with van der Waals surface area (Å²) in [6.07, 6.45) is 9.36. The summed E-state index contributed by atoms with van der Waals surface area (Å²) in [5, 5.41) is 0. The molecule has 8 heteroatoms. The minimum atomic E-state index is 0.0203. The van der Waals surface area contributed by atoms with Crippen LogP contribution in [0, 0.1) is 0 Å². The summed E-state index contributed by atoms with van der Waals surface area (Å²) >= 11 is 3.37. The first-order valence-electron chi connectivity index (χ1n) is 7.95. The lowest BCUT2D eigenvalue weighted by atomic mass is 10.1. The van der Waals surface area contributed by atoms with E-state index in [0.29, 0.717) is 34.7 Å². The highest BCUT2D eigenvalue weighted by Gasteiger charge is 2.36. The van der Waals surface area contributed by atoms with Crippen LogP contribution < -0.4 is 5.73 Å². The summed E-state index contributed by atoms with van der Waals surface area (Å²) in [5.41, 5.74) is 6.42. The molecule has 2 aliphatic rings. The van der Waals surface area contributed by atoms with Crippen LogP contribution in [0.1, 0.15) is 25.7 Å². The van der Waals surface area contributed by atoms with Gasteiger partial charge in [-0.15, -0.1) is 0 Å². The molecule has 24 heavy (non-hydrogen) atoms. The van der Waals surface area contributed by atoms with Crippen LogP contribution in [-0.4, -0.2) is 50.7 Å². The van der Waals surface area contributed by atoms with Gasteiger partial charge in [-0.2, -0.15) is 0 Å². The highest BCUT2D eigenvalue weighted by molar-refractivity contribution is 9.10. The summed E-state index contributed by atoms with van der Waals surface area (Å²) in [5.74, 6) is 1.23. The van der Waals surface area contributed by atoms with Crippen LogP contribution in [0.15, 0.2) is 40.6 Å². The van der Waals surface area contributed by atoms with E-state index in [-0.39, 0.29) is 5.91 Å². The lowest BCUT2D eigenvalue weighted by molar-refractivity contribution is -0.129. The van der Waals surface area contributed by atoms with Crippen molar-refractivity contribution in [2.45, 2.75) is 31.7 Å². The average Bonchev–Trinajstić information content (AvgIpc) is 3.22. The first-order valence-corrected chi connectivity index (χ1v) is 8.74.